The first-order chi connectivity index (χ1) is 8.65. The number of urea groups is 1. The van der Waals surface area contributed by atoms with Crippen molar-refractivity contribution in [1.29, 1.82) is 0 Å². The molecule has 6 heteroatoms. The van der Waals surface area contributed by atoms with Crippen LogP contribution < -0.4 is 10.6 Å². The molecule has 1 saturated heterocycles. The lowest BCUT2D eigenvalue weighted by molar-refractivity contribution is 0.112. The van der Waals surface area contributed by atoms with Crippen molar-refractivity contribution >= 4 is 23.3 Å². The molecular formula is C12H14ClFN2O2. The van der Waals surface area contributed by atoms with Crippen LogP contribution in [0.3, 0.4) is 0 Å². The summed E-state index contributed by atoms with van der Waals surface area (Å²) in [7, 11) is 0. The first-order valence-corrected chi connectivity index (χ1v) is 6.14. The summed E-state index contributed by atoms with van der Waals surface area (Å²) in [6.45, 7) is 1.17. The molecule has 0 bridgehead atoms. The number of hydrogen-bond donors (Lipinski definition) is 2. The molecule has 1 aromatic carbocycles. The maximum Gasteiger partial charge on any atom is 0.319 e. The summed E-state index contributed by atoms with van der Waals surface area (Å²) in [4.78, 5) is 11.5. The number of amides is 2. The van der Waals surface area contributed by atoms with E-state index in [1.54, 1.807) is 0 Å². The predicted octanol–water partition coefficient (Wildman–Crippen LogP) is 2.78. The van der Waals surface area contributed by atoms with Gasteiger partial charge in [0, 0.05) is 18.2 Å². The average Bonchev–Trinajstić information content (AvgIpc) is 2.83. The van der Waals surface area contributed by atoms with Crippen LogP contribution in [0.15, 0.2) is 18.2 Å². The summed E-state index contributed by atoms with van der Waals surface area (Å²) in [6, 6.07) is 3.63. The summed E-state index contributed by atoms with van der Waals surface area (Å²) in [5.41, 5.74) is 0.101. The Morgan fingerprint density at radius 1 is 1.56 bits per heavy atom. The largest absolute Gasteiger partial charge is 0.376 e. The first kappa shape index (κ1) is 13.1. The van der Waals surface area contributed by atoms with Crippen molar-refractivity contribution in [2.75, 3.05) is 18.5 Å². The maximum absolute atomic E-state index is 13.4. The monoisotopic (exact) mass is 272 g/mol. The number of anilines is 1. The number of carbonyl (C=O) groups excluding carboxylic acids is 1. The zero-order chi connectivity index (χ0) is 13.0. The van der Waals surface area contributed by atoms with Gasteiger partial charge >= 0.3 is 6.03 Å². The Bertz CT molecular complexity index is 436. The molecule has 1 aliphatic rings. The van der Waals surface area contributed by atoms with Crippen LogP contribution in [0.25, 0.3) is 0 Å². The Hall–Kier alpha value is -1.33. The average molecular weight is 273 g/mol. The van der Waals surface area contributed by atoms with Gasteiger partial charge in [0.2, 0.25) is 0 Å². The fourth-order valence-corrected chi connectivity index (χ4v) is 1.93. The summed E-state index contributed by atoms with van der Waals surface area (Å²) in [5.74, 6) is -0.560. The molecule has 1 fully saturated rings. The van der Waals surface area contributed by atoms with E-state index >= 15 is 0 Å². The van der Waals surface area contributed by atoms with E-state index in [2.05, 4.69) is 10.6 Å². The Labute approximate surface area is 109 Å². The number of ether oxygens (including phenoxy) is 1. The minimum atomic E-state index is -0.560. The molecule has 1 aliphatic heterocycles. The molecule has 0 saturated carbocycles. The van der Waals surface area contributed by atoms with Gasteiger partial charge in [0.15, 0.2) is 0 Å². The molecule has 4 nitrogen and oxygen atoms in total. The van der Waals surface area contributed by atoms with Crippen LogP contribution in [0.5, 0.6) is 0 Å². The lowest BCUT2D eigenvalue weighted by Gasteiger charge is -2.12. The molecular weight excluding hydrogens is 259 g/mol. The van der Waals surface area contributed by atoms with E-state index in [9.17, 15) is 9.18 Å². The second-order valence-electron chi connectivity index (χ2n) is 4.09. The smallest absolute Gasteiger partial charge is 0.319 e. The predicted molar refractivity (Wildman–Crippen MR) is 67.4 cm³/mol. The molecule has 98 valence electrons. The molecule has 2 amide bonds. The van der Waals surface area contributed by atoms with Crippen LogP contribution in [0.4, 0.5) is 14.9 Å². The van der Waals surface area contributed by atoms with Crippen molar-refractivity contribution in [2.24, 2.45) is 0 Å². The highest BCUT2D eigenvalue weighted by Crippen LogP contribution is 2.18. The fourth-order valence-electron chi connectivity index (χ4n) is 1.77. The molecule has 0 aliphatic carbocycles. The minimum absolute atomic E-state index is 0.0609. The number of benzene rings is 1. The maximum atomic E-state index is 13.4. The van der Waals surface area contributed by atoms with E-state index in [0.717, 1.165) is 25.5 Å². The number of halogens is 2. The second kappa shape index (κ2) is 6.02. The van der Waals surface area contributed by atoms with Crippen LogP contribution in [0.1, 0.15) is 12.8 Å². The molecule has 0 aromatic heterocycles. The van der Waals surface area contributed by atoms with Gasteiger partial charge in [-0.25, -0.2) is 9.18 Å². The van der Waals surface area contributed by atoms with Crippen molar-refractivity contribution in [1.82, 2.24) is 5.32 Å². The van der Waals surface area contributed by atoms with Crippen LogP contribution in [0, 0.1) is 5.82 Å². The van der Waals surface area contributed by atoms with Gasteiger partial charge in [0.1, 0.15) is 5.82 Å². The lowest BCUT2D eigenvalue weighted by atomic mass is 10.2. The molecule has 2 N–H and O–H groups in total. The van der Waals surface area contributed by atoms with Crippen LogP contribution in [0.2, 0.25) is 5.02 Å². The van der Waals surface area contributed by atoms with Crippen molar-refractivity contribution < 1.29 is 13.9 Å². The Morgan fingerprint density at radius 2 is 2.39 bits per heavy atom. The van der Waals surface area contributed by atoms with Crippen LogP contribution >= 0.6 is 11.6 Å². The van der Waals surface area contributed by atoms with E-state index in [-0.39, 0.29) is 16.8 Å². The first-order valence-electron chi connectivity index (χ1n) is 5.76. The SMILES string of the molecule is O=C(NC[C@H]1CCCO1)Nc1ccc(Cl)cc1F. The zero-order valence-electron chi connectivity index (χ0n) is 9.71. The molecule has 1 aromatic rings. The van der Waals surface area contributed by atoms with Crippen molar-refractivity contribution in [3.63, 3.8) is 0 Å². The Balaban J connectivity index is 1.82. The normalized spacial score (nSPS) is 18.7. The molecule has 0 unspecified atom stereocenters. The zero-order valence-corrected chi connectivity index (χ0v) is 10.5. The third-order valence-electron chi connectivity index (χ3n) is 2.69. The highest BCUT2D eigenvalue weighted by atomic mass is 35.5. The van der Waals surface area contributed by atoms with Crippen LogP contribution in [-0.4, -0.2) is 25.3 Å². The minimum Gasteiger partial charge on any atom is -0.376 e. The van der Waals surface area contributed by atoms with E-state index in [0.29, 0.717) is 6.54 Å². The van der Waals surface area contributed by atoms with Crippen molar-refractivity contribution in [3.8, 4) is 0 Å². The van der Waals surface area contributed by atoms with E-state index in [1.165, 1.54) is 12.1 Å². The molecule has 2 rings (SSSR count). The standard InChI is InChI=1S/C12H14ClFN2O2/c13-8-3-4-11(10(14)6-8)16-12(17)15-7-9-2-1-5-18-9/h3-4,6,9H,1-2,5,7H2,(H2,15,16,17)/t9-/m1/s1. The summed E-state index contributed by atoms with van der Waals surface area (Å²) in [5, 5.41) is 5.35. The number of rotatable bonds is 3. The lowest BCUT2D eigenvalue weighted by Crippen LogP contribution is -2.35. The van der Waals surface area contributed by atoms with Gasteiger partial charge in [-0.3, -0.25) is 0 Å². The Morgan fingerprint density at radius 3 is 3.06 bits per heavy atom. The third-order valence-corrected chi connectivity index (χ3v) is 2.93. The summed E-state index contributed by atoms with van der Waals surface area (Å²) in [6.07, 6.45) is 2.01. The topological polar surface area (TPSA) is 50.4 Å². The van der Waals surface area contributed by atoms with Gasteiger partial charge in [-0.2, -0.15) is 0 Å². The number of nitrogens with one attached hydrogen (secondary N) is 2. The molecule has 18 heavy (non-hydrogen) atoms. The summed E-state index contributed by atoms with van der Waals surface area (Å²) >= 11 is 5.62. The van der Waals surface area contributed by atoms with E-state index in [1.807, 2.05) is 0 Å². The highest BCUT2D eigenvalue weighted by molar-refractivity contribution is 6.30. The third kappa shape index (κ3) is 3.58. The summed E-state index contributed by atoms with van der Waals surface area (Å²) < 4.78 is 18.8. The van der Waals surface area contributed by atoms with Crippen molar-refractivity contribution in [2.45, 2.75) is 18.9 Å². The fraction of sp³-hybridized carbons (Fsp3) is 0.417. The highest BCUT2D eigenvalue weighted by Gasteiger charge is 2.16. The molecule has 1 atom stereocenters. The van der Waals surface area contributed by atoms with Gasteiger partial charge in [-0.15, -0.1) is 0 Å². The molecule has 0 spiro atoms. The van der Waals surface area contributed by atoms with Gasteiger partial charge in [0.25, 0.3) is 0 Å². The van der Waals surface area contributed by atoms with Gasteiger partial charge in [0.05, 0.1) is 11.8 Å². The molecule has 1 heterocycles. The van der Waals surface area contributed by atoms with Crippen molar-refractivity contribution in [3.05, 3.63) is 29.0 Å². The van der Waals surface area contributed by atoms with E-state index in [4.69, 9.17) is 16.3 Å². The number of hydrogen-bond acceptors (Lipinski definition) is 2. The van der Waals surface area contributed by atoms with Gasteiger partial charge in [-0.05, 0) is 31.0 Å². The second-order valence-corrected chi connectivity index (χ2v) is 4.53. The number of carbonyl (C=O) groups is 1. The van der Waals surface area contributed by atoms with Crippen LogP contribution in [-0.2, 0) is 4.74 Å². The van der Waals surface area contributed by atoms with E-state index < -0.39 is 11.8 Å². The quantitative estimate of drug-likeness (QED) is 0.889. The van der Waals surface area contributed by atoms with Gasteiger partial charge < -0.3 is 15.4 Å². The Kier molecular flexibility index (Phi) is 4.38. The molecule has 0 radical (unpaired) electrons. The van der Waals surface area contributed by atoms with Gasteiger partial charge in [-0.1, -0.05) is 11.6 Å².